The lowest BCUT2D eigenvalue weighted by Gasteiger charge is -2.02. The Hall–Kier alpha value is -1.88. The summed E-state index contributed by atoms with van der Waals surface area (Å²) in [7, 11) is 1.28. The number of hydrogen-bond donors (Lipinski definition) is 0. The van der Waals surface area contributed by atoms with E-state index in [1.54, 1.807) is 25.1 Å². The highest BCUT2D eigenvalue weighted by molar-refractivity contribution is 6.30. The third-order valence-corrected chi connectivity index (χ3v) is 2.49. The molecule has 0 amide bonds. The van der Waals surface area contributed by atoms with Crippen LogP contribution in [0.2, 0.25) is 5.15 Å². The number of hydrogen-bond acceptors (Lipinski definition) is 5. The second-order valence-corrected chi connectivity index (χ2v) is 3.87. The van der Waals surface area contributed by atoms with Gasteiger partial charge in [-0.2, -0.15) is 0 Å². The Morgan fingerprint density at radius 3 is 2.84 bits per heavy atom. The summed E-state index contributed by atoms with van der Waals surface area (Å²) in [6.45, 7) is 2.08. The number of esters is 2. The van der Waals surface area contributed by atoms with Gasteiger partial charge >= 0.3 is 11.9 Å². The van der Waals surface area contributed by atoms with Gasteiger partial charge in [0.2, 0.25) is 0 Å². The fourth-order valence-corrected chi connectivity index (χ4v) is 1.48. The fourth-order valence-electron chi connectivity index (χ4n) is 1.31. The van der Waals surface area contributed by atoms with Gasteiger partial charge < -0.3 is 9.47 Å². The maximum atomic E-state index is 11.3. The average molecular weight is 284 g/mol. The Balaban J connectivity index is 2.79. The molecule has 0 aliphatic carbocycles. The fraction of sp³-hybridized carbons (Fsp3) is 0.308. The first-order valence-electron chi connectivity index (χ1n) is 5.64. The second-order valence-electron chi connectivity index (χ2n) is 3.51. The Bertz CT molecular complexity index is 499. The molecule has 0 aromatic carbocycles. The Labute approximate surface area is 116 Å². The molecule has 1 rings (SSSR count). The van der Waals surface area contributed by atoms with Crippen molar-refractivity contribution < 1.29 is 19.1 Å². The zero-order valence-electron chi connectivity index (χ0n) is 10.7. The second kappa shape index (κ2) is 7.53. The molecule has 0 saturated carbocycles. The largest absolute Gasteiger partial charge is 0.466 e. The number of pyridine rings is 1. The van der Waals surface area contributed by atoms with E-state index in [2.05, 4.69) is 9.72 Å². The first-order valence-corrected chi connectivity index (χ1v) is 6.02. The van der Waals surface area contributed by atoms with Gasteiger partial charge in [0.25, 0.3) is 0 Å². The lowest BCUT2D eigenvalue weighted by molar-refractivity contribution is -0.142. The molecule has 0 unspecified atom stereocenters. The van der Waals surface area contributed by atoms with Crippen molar-refractivity contribution in [3.8, 4) is 0 Å². The van der Waals surface area contributed by atoms with Crippen LogP contribution in [0.15, 0.2) is 18.3 Å². The van der Waals surface area contributed by atoms with E-state index in [9.17, 15) is 9.59 Å². The number of methoxy groups -OCH3 is 1. The number of carbonyl (C=O) groups excluding carboxylic acids is 2. The predicted molar refractivity (Wildman–Crippen MR) is 70.9 cm³/mol. The minimum atomic E-state index is -0.496. The van der Waals surface area contributed by atoms with Crippen molar-refractivity contribution in [3.05, 3.63) is 34.6 Å². The molecule has 0 saturated heterocycles. The van der Waals surface area contributed by atoms with Gasteiger partial charge in [-0.25, -0.2) is 9.78 Å². The van der Waals surface area contributed by atoms with E-state index in [0.717, 1.165) is 0 Å². The minimum Gasteiger partial charge on any atom is -0.466 e. The molecule has 0 bridgehead atoms. The van der Waals surface area contributed by atoms with Crippen molar-refractivity contribution in [2.24, 2.45) is 0 Å². The summed E-state index contributed by atoms with van der Waals surface area (Å²) in [6, 6.07) is 1.54. The van der Waals surface area contributed by atoms with E-state index in [4.69, 9.17) is 16.3 Å². The molecule has 0 fully saturated rings. The van der Waals surface area contributed by atoms with Crippen LogP contribution in [0.1, 0.15) is 29.3 Å². The standard InChI is InChI=1S/C13H14ClNO4/c1-3-19-11(16)6-4-5-9-7-10(13(17)18-2)8-15-12(9)14/h4-5,7-8H,3,6H2,1-2H3. The summed E-state index contributed by atoms with van der Waals surface area (Å²) < 4.78 is 9.36. The number of nitrogens with zero attached hydrogens (tertiary/aromatic N) is 1. The number of ether oxygens (including phenoxy) is 2. The summed E-state index contributed by atoms with van der Waals surface area (Å²) in [4.78, 5) is 26.4. The van der Waals surface area contributed by atoms with Gasteiger partial charge in [-0.1, -0.05) is 23.8 Å². The van der Waals surface area contributed by atoms with Crippen LogP contribution in [0.5, 0.6) is 0 Å². The molecular weight excluding hydrogens is 270 g/mol. The monoisotopic (exact) mass is 283 g/mol. The summed E-state index contributed by atoms with van der Waals surface area (Å²) in [5, 5.41) is 0.243. The van der Waals surface area contributed by atoms with Crippen LogP contribution in [0.4, 0.5) is 0 Å². The van der Waals surface area contributed by atoms with Gasteiger partial charge in [0, 0.05) is 11.8 Å². The molecule has 0 radical (unpaired) electrons. The van der Waals surface area contributed by atoms with E-state index in [-0.39, 0.29) is 17.5 Å². The number of halogens is 1. The van der Waals surface area contributed by atoms with Crippen LogP contribution in [0.3, 0.4) is 0 Å². The Morgan fingerprint density at radius 1 is 1.47 bits per heavy atom. The third-order valence-electron chi connectivity index (χ3n) is 2.17. The molecule has 1 heterocycles. The predicted octanol–water partition coefficient (Wildman–Crippen LogP) is 2.49. The minimum absolute atomic E-state index is 0.132. The van der Waals surface area contributed by atoms with Crippen LogP contribution in [0, 0.1) is 0 Å². The van der Waals surface area contributed by atoms with E-state index in [1.165, 1.54) is 13.3 Å². The van der Waals surface area contributed by atoms with E-state index in [1.807, 2.05) is 0 Å². The third kappa shape index (κ3) is 4.71. The molecule has 19 heavy (non-hydrogen) atoms. The molecule has 0 aliphatic heterocycles. The molecule has 0 N–H and O–H groups in total. The molecule has 6 heteroatoms. The summed E-state index contributed by atoms with van der Waals surface area (Å²) in [5.41, 5.74) is 0.830. The normalized spacial score (nSPS) is 10.5. The first kappa shape index (κ1) is 15.2. The maximum absolute atomic E-state index is 11.3. The van der Waals surface area contributed by atoms with E-state index >= 15 is 0 Å². The average Bonchev–Trinajstić information content (AvgIpc) is 2.40. The van der Waals surface area contributed by atoms with Crippen molar-refractivity contribution in [3.63, 3.8) is 0 Å². The van der Waals surface area contributed by atoms with Gasteiger partial charge in [-0.05, 0) is 13.0 Å². The van der Waals surface area contributed by atoms with Crippen molar-refractivity contribution in [2.45, 2.75) is 13.3 Å². The highest BCUT2D eigenvalue weighted by Crippen LogP contribution is 2.17. The SMILES string of the molecule is CCOC(=O)CC=Cc1cc(C(=O)OC)cnc1Cl. The van der Waals surface area contributed by atoms with Crippen molar-refractivity contribution in [1.29, 1.82) is 0 Å². The summed E-state index contributed by atoms with van der Waals surface area (Å²) in [6.07, 6.45) is 4.67. The maximum Gasteiger partial charge on any atom is 0.339 e. The van der Waals surface area contributed by atoms with Gasteiger partial charge in [-0.3, -0.25) is 4.79 Å². The zero-order chi connectivity index (χ0) is 14.3. The number of rotatable bonds is 5. The molecular formula is C13H14ClNO4. The van der Waals surface area contributed by atoms with Crippen molar-refractivity contribution in [2.75, 3.05) is 13.7 Å². The first-order chi connectivity index (χ1) is 9.08. The molecule has 102 valence electrons. The quantitative estimate of drug-likeness (QED) is 0.613. The highest BCUT2D eigenvalue weighted by Gasteiger charge is 2.08. The van der Waals surface area contributed by atoms with Crippen LogP contribution in [0.25, 0.3) is 6.08 Å². The molecule has 0 spiro atoms. The van der Waals surface area contributed by atoms with E-state index in [0.29, 0.717) is 17.7 Å². The van der Waals surface area contributed by atoms with Gasteiger partial charge in [0.1, 0.15) is 5.15 Å². The van der Waals surface area contributed by atoms with Crippen LogP contribution < -0.4 is 0 Å². The lowest BCUT2D eigenvalue weighted by Crippen LogP contribution is -2.03. The van der Waals surface area contributed by atoms with Gasteiger partial charge in [-0.15, -0.1) is 0 Å². The van der Waals surface area contributed by atoms with Gasteiger partial charge in [0.05, 0.1) is 25.7 Å². The van der Waals surface area contributed by atoms with Crippen molar-refractivity contribution in [1.82, 2.24) is 4.98 Å². The molecule has 0 aliphatic rings. The summed E-state index contributed by atoms with van der Waals surface area (Å²) >= 11 is 5.89. The van der Waals surface area contributed by atoms with Crippen LogP contribution >= 0.6 is 11.6 Å². The van der Waals surface area contributed by atoms with Crippen molar-refractivity contribution >= 4 is 29.6 Å². The number of aromatic nitrogens is 1. The van der Waals surface area contributed by atoms with Gasteiger partial charge in [0.15, 0.2) is 0 Å². The molecule has 5 nitrogen and oxygen atoms in total. The zero-order valence-corrected chi connectivity index (χ0v) is 11.4. The van der Waals surface area contributed by atoms with Crippen LogP contribution in [-0.4, -0.2) is 30.6 Å². The molecule has 1 aromatic rings. The lowest BCUT2D eigenvalue weighted by atomic mass is 10.2. The van der Waals surface area contributed by atoms with E-state index < -0.39 is 5.97 Å². The Morgan fingerprint density at radius 2 is 2.21 bits per heavy atom. The summed E-state index contributed by atoms with van der Waals surface area (Å²) in [5.74, 6) is -0.823. The molecule has 1 aromatic heterocycles. The Kier molecular flexibility index (Phi) is 6.02. The topological polar surface area (TPSA) is 65.5 Å². The highest BCUT2D eigenvalue weighted by atomic mass is 35.5. The molecule has 0 atom stereocenters. The number of carbonyl (C=O) groups is 2. The smallest absolute Gasteiger partial charge is 0.339 e. The van der Waals surface area contributed by atoms with Crippen LogP contribution in [-0.2, 0) is 14.3 Å².